The molecular weight excluding hydrogens is 366 g/mol. The first-order valence-electron chi connectivity index (χ1n) is 8.23. The van der Waals surface area contributed by atoms with Gasteiger partial charge in [0.15, 0.2) is 0 Å². The molecule has 3 heterocycles. The summed E-state index contributed by atoms with van der Waals surface area (Å²) >= 11 is 3.46. The number of aromatic nitrogens is 2. The first-order valence-corrected chi connectivity index (χ1v) is 9.03. The van der Waals surface area contributed by atoms with Crippen molar-refractivity contribution in [2.75, 3.05) is 29.4 Å². The van der Waals surface area contributed by atoms with Crippen molar-refractivity contribution in [3.63, 3.8) is 0 Å². The van der Waals surface area contributed by atoms with Gasteiger partial charge in [-0.3, -0.25) is 4.98 Å². The van der Waals surface area contributed by atoms with Crippen LogP contribution in [0.3, 0.4) is 0 Å². The molecule has 4 rings (SSSR count). The highest BCUT2D eigenvalue weighted by molar-refractivity contribution is 9.10. The molecule has 0 N–H and O–H groups in total. The van der Waals surface area contributed by atoms with Gasteiger partial charge in [0.25, 0.3) is 0 Å². The Labute approximate surface area is 150 Å². The summed E-state index contributed by atoms with van der Waals surface area (Å²) in [6.07, 6.45) is 7.64. The average Bonchev–Trinajstić information content (AvgIpc) is 3.05. The van der Waals surface area contributed by atoms with E-state index in [9.17, 15) is 5.26 Å². The minimum Gasteiger partial charge on any atom is -0.365 e. The predicted molar refractivity (Wildman–Crippen MR) is 97.0 cm³/mol. The number of benzene rings is 1. The molecule has 6 heteroatoms. The maximum absolute atomic E-state index is 9.50. The third kappa shape index (κ3) is 2.73. The smallest absolute Gasteiger partial charge is 0.147 e. The van der Waals surface area contributed by atoms with Gasteiger partial charge >= 0.3 is 0 Å². The van der Waals surface area contributed by atoms with Crippen molar-refractivity contribution in [1.29, 1.82) is 5.26 Å². The Morgan fingerprint density at radius 1 is 1.21 bits per heavy atom. The highest BCUT2D eigenvalue weighted by atomic mass is 79.9. The van der Waals surface area contributed by atoms with Crippen LogP contribution in [-0.4, -0.2) is 35.6 Å². The molecule has 2 unspecified atom stereocenters. The Bertz CT molecular complexity index is 773. The van der Waals surface area contributed by atoms with Crippen molar-refractivity contribution < 1.29 is 0 Å². The molecule has 0 radical (unpaired) electrons. The number of halogens is 1. The molecule has 2 aliphatic rings. The number of anilines is 2. The van der Waals surface area contributed by atoms with E-state index >= 15 is 0 Å². The van der Waals surface area contributed by atoms with Gasteiger partial charge in [-0.15, -0.1) is 0 Å². The third-order valence-corrected chi connectivity index (χ3v) is 5.62. The van der Waals surface area contributed by atoms with Gasteiger partial charge in [-0.1, -0.05) is 15.9 Å². The van der Waals surface area contributed by atoms with Crippen LogP contribution in [0.2, 0.25) is 0 Å². The number of fused-ring (bicyclic) bond motifs is 1. The minimum absolute atomic E-state index is 0.425. The predicted octanol–water partition coefficient (Wildman–Crippen LogP) is 3.22. The second kappa shape index (κ2) is 6.40. The third-order valence-electron chi connectivity index (χ3n) is 5.12. The minimum atomic E-state index is 0.425. The summed E-state index contributed by atoms with van der Waals surface area (Å²) in [4.78, 5) is 13.4. The zero-order valence-corrected chi connectivity index (χ0v) is 14.9. The fraction of sp³-hybridized carbons (Fsp3) is 0.389. The summed E-state index contributed by atoms with van der Waals surface area (Å²) < 4.78 is 0.948. The zero-order chi connectivity index (χ0) is 16.5. The van der Waals surface area contributed by atoms with Crippen molar-refractivity contribution in [2.45, 2.75) is 18.9 Å². The van der Waals surface area contributed by atoms with Gasteiger partial charge in [0.1, 0.15) is 11.9 Å². The standard InChI is InChI=1S/C18H18BrN5/c19-15-1-2-16(14(9-15)10-20)24-8-4-13-3-7-23(12-17(13)24)18-11-21-5-6-22-18/h1-2,5-6,9,11,13,17H,3-4,7-8,12H2. The van der Waals surface area contributed by atoms with E-state index in [0.29, 0.717) is 12.0 Å². The van der Waals surface area contributed by atoms with E-state index in [2.05, 4.69) is 47.8 Å². The first kappa shape index (κ1) is 15.4. The van der Waals surface area contributed by atoms with Crippen LogP contribution in [0, 0.1) is 17.2 Å². The molecule has 0 aliphatic carbocycles. The van der Waals surface area contributed by atoms with Gasteiger partial charge in [-0.25, -0.2) is 4.98 Å². The average molecular weight is 384 g/mol. The first-order chi connectivity index (χ1) is 11.8. The summed E-state index contributed by atoms with van der Waals surface area (Å²) in [5, 5.41) is 9.50. The van der Waals surface area contributed by atoms with Crippen LogP contribution in [0.15, 0.2) is 41.3 Å². The van der Waals surface area contributed by atoms with Crippen LogP contribution in [0.5, 0.6) is 0 Å². The number of hydrogen-bond acceptors (Lipinski definition) is 5. The summed E-state index contributed by atoms with van der Waals surface area (Å²) in [5.41, 5.74) is 1.79. The monoisotopic (exact) mass is 383 g/mol. The van der Waals surface area contributed by atoms with Crippen molar-refractivity contribution in [2.24, 2.45) is 5.92 Å². The Kier molecular flexibility index (Phi) is 4.11. The summed E-state index contributed by atoms with van der Waals surface area (Å²) in [6, 6.07) is 8.76. The lowest BCUT2D eigenvalue weighted by Crippen LogP contribution is -2.48. The fourth-order valence-electron chi connectivity index (χ4n) is 3.95. The van der Waals surface area contributed by atoms with Gasteiger partial charge < -0.3 is 9.80 Å². The van der Waals surface area contributed by atoms with Gasteiger partial charge in [0.05, 0.1) is 17.4 Å². The van der Waals surface area contributed by atoms with Crippen LogP contribution in [0.4, 0.5) is 11.5 Å². The molecule has 2 fully saturated rings. The van der Waals surface area contributed by atoms with Crippen LogP contribution >= 0.6 is 15.9 Å². The number of rotatable bonds is 2. The lowest BCUT2D eigenvalue weighted by Gasteiger charge is -2.40. The Morgan fingerprint density at radius 2 is 2.08 bits per heavy atom. The summed E-state index contributed by atoms with van der Waals surface area (Å²) in [6.45, 7) is 2.98. The van der Waals surface area contributed by atoms with Crippen molar-refractivity contribution in [3.05, 3.63) is 46.8 Å². The van der Waals surface area contributed by atoms with Gasteiger partial charge in [-0.05, 0) is 37.0 Å². The molecule has 1 aromatic carbocycles. The molecule has 0 saturated carbocycles. The molecule has 0 bridgehead atoms. The molecular formula is C18H18BrN5. The molecule has 1 aromatic heterocycles. The zero-order valence-electron chi connectivity index (χ0n) is 13.3. The van der Waals surface area contributed by atoms with Crippen LogP contribution in [-0.2, 0) is 0 Å². The lowest BCUT2D eigenvalue weighted by atomic mass is 9.92. The van der Waals surface area contributed by atoms with Gasteiger partial charge in [0, 0.05) is 42.5 Å². The number of nitrogens with zero attached hydrogens (tertiary/aromatic N) is 5. The van der Waals surface area contributed by atoms with E-state index in [4.69, 9.17) is 0 Å². The van der Waals surface area contributed by atoms with Gasteiger partial charge in [-0.2, -0.15) is 5.26 Å². The van der Waals surface area contributed by atoms with E-state index in [0.717, 1.165) is 47.6 Å². The van der Waals surface area contributed by atoms with Crippen LogP contribution < -0.4 is 9.80 Å². The number of nitriles is 1. The summed E-state index contributed by atoms with van der Waals surface area (Å²) in [7, 11) is 0. The highest BCUT2D eigenvalue weighted by Gasteiger charge is 2.39. The highest BCUT2D eigenvalue weighted by Crippen LogP contribution is 2.37. The van der Waals surface area contributed by atoms with Crippen LogP contribution in [0.25, 0.3) is 0 Å². The molecule has 24 heavy (non-hydrogen) atoms. The maximum Gasteiger partial charge on any atom is 0.147 e. The molecule has 2 atom stereocenters. The van der Waals surface area contributed by atoms with E-state index in [-0.39, 0.29) is 0 Å². The Morgan fingerprint density at radius 3 is 2.88 bits per heavy atom. The Balaban J connectivity index is 1.62. The largest absolute Gasteiger partial charge is 0.365 e. The lowest BCUT2D eigenvalue weighted by molar-refractivity contribution is 0.389. The van der Waals surface area contributed by atoms with Crippen LogP contribution in [0.1, 0.15) is 18.4 Å². The molecule has 5 nitrogen and oxygen atoms in total. The quantitative estimate of drug-likeness (QED) is 0.796. The number of hydrogen-bond donors (Lipinski definition) is 0. The topological polar surface area (TPSA) is 56.1 Å². The van der Waals surface area contributed by atoms with Crippen molar-refractivity contribution in [1.82, 2.24) is 9.97 Å². The van der Waals surface area contributed by atoms with E-state index in [1.807, 2.05) is 18.3 Å². The van der Waals surface area contributed by atoms with Crippen molar-refractivity contribution in [3.8, 4) is 6.07 Å². The molecule has 0 amide bonds. The van der Waals surface area contributed by atoms with E-state index in [1.54, 1.807) is 12.4 Å². The van der Waals surface area contributed by atoms with E-state index in [1.165, 1.54) is 6.42 Å². The van der Waals surface area contributed by atoms with Gasteiger partial charge in [0.2, 0.25) is 0 Å². The second-order valence-corrected chi connectivity index (χ2v) is 7.30. The molecule has 2 aliphatic heterocycles. The normalized spacial score (nSPS) is 23.0. The maximum atomic E-state index is 9.50. The second-order valence-electron chi connectivity index (χ2n) is 6.38. The van der Waals surface area contributed by atoms with Crippen molar-refractivity contribution >= 4 is 27.4 Å². The SMILES string of the molecule is N#Cc1cc(Br)ccc1N1CCC2CCN(c3cnccn3)CC21. The number of piperidine rings is 1. The Hall–Kier alpha value is -2.13. The molecule has 0 spiro atoms. The molecule has 2 aromatic rings. The molecule has 122 valence electrons. The summed E-state index contributed by atoms with van der Waals surface area (Å²) in [5.74, 6) is 1.63. The van der Waals surface area contributed by atoms with E-state index < -0.39 is 0 Å². The molecule has 2 saturated heterocycles. The fourth-order valence-corrected chi connectivity index (χ4v) is 4.31.